The maximum Gasteiger partial charge on any atom is 0.264 e. The van der Waals surface area contributed by atoms with Gasteiger partial charge in [-0.2, -0.15) is 5.26 Å². The van der Waals surface area contributed by atoms with Gasteiger partial charge in [0.25, 0.3) is 10.0 Å². The second-order valence-electron chi connectivity index (χ2n) is 3.41. The molecule has 0 amide bonds. The highest BCUT2D eigenvalue weighted by molar-refractivity contribution is 9.10. The van der Waals surface area contributed by atoms with Crippen molar-refractivity contribution < 1.29 is 8.42 Å². The standard InChI is InChI=1S/C11H7BrN4O2S/c12-11-8(3-1-6-15-11)16-19(17,18)10-4-2-5-14-9(10)7-13/h1-6,16H. The average molecular weight is 339 g/mol. The van der Waals surface area contributed by atoms with Gasteiger partial charge >= 0.3 is 0 Å². The van der Waals surface area contributed by atoms with Crippen molar-refractivity contribution in [1.82, 2.24) is 9.97 Å². The van der Waals surface area contributed by atoms with E-state index in [1.807, 2.05) is 0 Å². The highest BCUT2D eigenvalue weighted by Gasteiger charge is 2.20. The summed E-state index contributed by atoms with van der Waals surface area (Å²) in [6.45, 7) is 0. The summed E-state index contributed by atoms with van der Waals surface area (Å²) < 4.78 is 27.1. The minimum atomic E-state index is -3.88. The molecule has 0 saturated carbocycles. The quantitative estimate of drug-likeness (QED) is 0.862. The Hall–Kier alpha value is -1.98. The van der Waals surface area contributed by atoms with Crippen molar-refractivity contribution in [2.24, 2.45) is 0 Å². The molecular formula is C11H7BrN4O2S. The molecule has 0 spiro atoms. The summed E-state index contributed by atoms with van der Waals surface area (Å²) >= 11 is 3.14. The summed E-state index contributed by atoms with van der Waals surface area (Å²) in [5, 5.41) is 8.88. The van der Waals surface area contributed by atoms with Crippen LogP contribution in [0.25, 0.3) is 0 Å². The number of sulfonamides is 1. The molecule has 6 nitrogen and oxygen atoms in total. The van der Waals surface area contributed by atoms with E-state index in [1.54, 1.807) is 18.2 Å². The van der Waals surface area contributed by atoms with Gasteiger partial charge in [-0.15, -0.1) is 0 Å². The van der Waals surface area contributed by atoms with Crippen LogP contribution >= 0.6 is 15.9 Å². The molecule has 0 aliphatic rings. The largest absolute Gasteiger partial charge is 0.277 e. The fraction of sp³-hybridized carbons (Fsp3) is 0. The van der Waals surface area contributed by atoms with Gasteiger partial charge in [0.05, 0.1) is 5.69 Å². The predicted molar refractivity (Wildman–Crippen MR) is 71.7 cm³/mol. The molecule has 2 rings (SSSR count). The Morgan fingerprint density at radius 1 is 1.21 bits per heavy atom. The van der Waals surface area contributed by atoms with Crippen molar-refractivity contribution in [3.8, 4) is 6.07 Å². The molecule has 96 valence electrons. The van der Waals surface area contributed by atoms with Crippen LogP contribution in [0.1, 0.15) is 5.69 Å². The number of hydrogen-bond acceptors (Lipinski definition) is 5. The molecule has 19 heavy (non-hydrogen) atoms. The van der Waals surface area contributed by atoms with E-state index in [4.69, 9.17) is 5.26 Å². The van der Waals surface area contributed by atoms with Crippen LogP contribution in [0.2, 0.25) is 0 Å². The Labute approximate surface area is 118 Å². The zero-order valence-corrected chi connectivity index (χ0v) is 11.8. The highest BCUT2D eigenvalue weighted by atomic mass is 79.9. The fourth-order valence-corrected chi connectivity index (χ4v) is 3.01. The van der Waals surface area contributed by atoms with Crippen LogP contribution in [-0.2, 0) is 10.0 Å². The van der Waals surface area contributed by atoms with Gasteiger partial charge in [0.15, 0.2) is 5.69 Å². The molecule has 2 aromatic heterocycles. The average Bonchev–Trinajstić information content (AvgIpc) is 2.41. The van der Waals surface area contributed by atoms with Gasteiger partial charge in [-0.1, -0.05) is 0 Å². The summed E-state index contributed by atoms with van der Waals surface area (Å²) in [5.41, 5.74) is 0.130. The molecule has 0 saturated heterocycles. The number of nitriles is 1. The molecular weight excluding hydrogens is 332 g/mol. The first-order chi connectivity index (χ1) is 9.04. The van der Waals surface area contributed by atoms with E-state index in [1.165, 1.54) is 24.5 Å². The van der Waals surface area contributed by atoms with E-state index < -0.39 is 10.0 Å². The molecule has 0 bridgehead atoms. The molecule has 1 N–H and O–H groups in total. The molecule has 0 fully saturated rings. The summed E-state index contributed by atoms with van der Waals surface area (Å²) in [4.78, 5) is 7.46. The van der Waals surface area contributed by atoms with Crippen molar-refractivity contribution in [2.45, 2.75) is 4.90 Å². The number of hydrogen-bond donors (Lipinski definition) is 1. The topological polar surface area (TPSA) is 95.7 Å². The number of rotatable bonds is 3. The van der Waals surface area contributed by atoms with Crippen molar-refractivity contribution in [3.63, 3.8) is 0 Å². The molecule has 2 aromatic rings. The number of halogens is 1. The first kappa shape index (κ1) is 13.5. The monoisotopic (exact) mass is 338 g/mol. The summed E-state index contributed by atoms with van der Waals surface area (Å²) in [6.07, 6.45) is 2.88. The molecule has 8 heteroatoms. The van der Waals surface area contributed by atoms with E-state index in [-0.39, 0.29) is 16.3 Å². The third kappa shape index (κ3) is 2.89. The first-order valence-electron chi connectivity index (χ1n) is 5.03. The molecule has 2 heterocycles. The smallest absolute Gasteiger partial charge is 0.264 e. The highest BCUT2D eigenvalue weighted by Crippen LogP contribution is 2.23. The second-order valence-corrected chi connectivity index (χ2v) is 5.81. The third-order valence-electron chi connectivity index (χ3n) is 2.17. The first-order valence-corrected chi connectivity index (χ1v) is 7.30. The van der Waals surface area contributed by atoms with Crippen LogP contribution in [0, 0.1) is 11.3 Å². The van der Waals surface area contributed by atoms with E-state index in [9.17, 15) is 8.42 Å². The van der Waals surface area contributed by atoms with Crippen molar-refractivity contribution in [3.05, 3.63) is 47.0 Å². The van der Waals surface area contributed by atoms with E-state index >= 15 is 0 Å². The SMILES string of the molecule is N#Cc1ncccc1S(=O)(=O)Nc1cccnc1Br. The lowest BCUT2D eigenvalue weighted by Gasteiger charge is -2.09. The normalized spacial score (nSPS) is 10.7. The van der Waals surface area contributed by atoms with Crippen LogP contribution in [0.4, 0.5) is 5.69 Å². The van der Waals surface area contributed by atoms with E-state index in [0.29, 0.717) is 4.60 Å². The summed E-state index contributed by atoms with van der Waals surface area (Å²) in [7, 11) is -3.88. The van der Waals surface area contributed by atoms with Gasteiger partial charge in [0.2, 0.25) is 0 Å². The van der Waals surface area contributed by atoms with Crippen LogP contribution < -0.4 is 4.72 Å². The second kappa shape index (κ2) is 5.34. The van der Waals surface area contributed by atoms with Gasteiger partial charge in [-0.25, -0.2) is 18.4 Å². The number of pyridine rings is 2. The van der Waals surface area contributed by atoms with Crippen LogP contribution in [0.5, 0.6) is 0 Å². The van der Waals surface area contributed by atoms with Crippen molar-refractivity contribution in [2.75, 3.05) is 4.72 Å². The van der Waals surface area contributed by atoms with Gasteiger partial charge < -0.3 is 0 Å². The van der Waals surface area contributed by atoms with E-state index in [2.05, 4.69) is 30.6 Å². The molecule has 0 unspecified atom stereocenters. The summed E-state index contributed by atoms with van der Waals surface area (Å²) in [5.74, 6) is 0. The Kier molecular flexibility index (Phi) is 3.78. The minimum absolute atomic E-state index is 0.157. The third-order valence-corrected chi connectivity index (χ3v) is 4.20. The Morgan fingerprint density at radius 3 is 2.58 bits per heavy atom. The van der Waals surface area contributed by atoms with Crippen LogP contribution in [-0.4, -0.2) is 18.4 Å². The van der Waals surface area contributed by atoms with Crippen molar-refractivity contribution >= 4 is 31.6 Å². The lowest BCUT2D eigenvalue weighted by atomic mass is 10.4. The number of nitrogens with one attached hydrogen (secondary N) is 1. The maximum atomic E-state index is 12.2. The number of nitrogens with zero attached hydrogens (tertiary/aromatic N) is 3. The van der Waals surface area contributed by atoms with Gasteiger partial charge in [0.1, 0.15) is 15.6 Å². The molecule has 0 radical (unpaired) electrons. The minimum Gasteiger partial charge on any atom is -0.277 e. The maximum absolute atomic E-state index is 12.2. The summed E-state index contributed by atoms with van der Waals surface area (Å²) in [6, 6.07) is 7.66. The van der Waals surface area contributed by atoms with Gasteiger partial charge in [-0.05, 0) is 40.2 Å². The molecule has 0 aliphatic heterocycles. The number of aromatic nitrogens is 2. The lowest BCUT2D eigenvalue weighted by Crippen LogP contribution is -2.15. The number of anilines is 1. The zero-order chi connectivity index (χ0) is 13.9. The Balaban J connectivity index is 2.45. The van der Waals surface area contributed by atoms with Gasteiger partial charge in [-0.3, -0.25) is 4.72 Å². The molecule has 0 aromatic carbocycles. The zero-order valence-electron chi connectivity index (χ0n) is 9.41. The van der Waals surface area contributed by atoms with E-state index in [0.717, 1.165) is 0 Å². The fourth-order valence-electron chi connectivity index (χ4n) is 1.35. The van der Waals surface area contributed by atoms with Gasteiger partial charge in [0, 0.05) is 12.4 Å². The molecule has 0 atom stereocenters. The Bertz CT molecular complexity index is 755. The predicted octanol–water partition coefficient (Wildman–Crippen LogP) is 1.91. The Morgan fingerprint density at radius 2 is 1.89 bits per heavy atom. The van der Waals surface area contributed by atoms with Crippen molar-refractivity contribution in [1.29, 1.82) is 5.26 Å². The lowest BCUT2D eigenvalue weighted by molar-refractivity contribution is 0.600. The van der Waals surface area contributed by atoms with Crippen LogP contribution in [0.3, 0.4) is 0 Å². The molecule has 0 aliphatic carbocycles. The van der Waals surface area contributed by atoms with Crippen LogP contribution in [0.15, 0.2) is 46.2 Å².